The van der Waals surface area contributed by atoms with Gasteiger partial charge in [0.15, 0.2) is 0 Å². The van der Waals surface area contributed by atoms with Gasteiger partial charge in [0.2, 0.25) is 0 Å². The van der Waals surface area contributed by atoms with E-state index in [0.717, 1.165) is 19.3 Å². The normalized spacial score (nSPS) is 12.2. The largest absolute Gasteiger partial charge is 0.396 e. The zero-order valence-electron chi connectivity index (χ0n) is 10.3. The highest BCUT2D eigenvalue weighted by Crippen LogP contribution is 2.04. The lowest BCUT2D eigenvalue weighted by molar-refractivity contribution is 0.219. The molecular formula is C12H28O2. The molecule has 0 fully saturated rings. The topological polar surface area (TPSA) is 40.5 Å². The van der Waals surface area contributed by atoms with Crippen molar-refractivity contribution in [1.29, 1.82) is 0 Å². The average Bonchev–Trinajstić information content (AvgIpc) is 2.22. The summed E-state index contributed by atoms with van der Waals surface area (Å²) in [7, 11) is 0. The van der Waals surface area contributed by atoms with E-state index in [1.165, 1.54) is 6.42 Å². The van der Waals surface area contributed by atoms with Crippen LogP contribution in [-0.4, -0.2) is 23.4 Å². The van der Waals surface area contributed by atoms with Gasteiger partial charge in [-0.3, -0.25) is 0 Å². The van der Waals surface area contributed by atoms with Gasteiger partial charge < -0.3 is 10.2 Å². The van der Waals surface area contributed by atoms with Crippen molar-refractivity contribution in [3.63, 3.8) is 0 Å². The van der Waals surface area contributed by atoms with Crippen molar-refractivity contribution in [3.8, 4) is 0 Å². The van der Waals surface area contributed by atoms with Gasteiger partial charge in [0.25, 0.3) is 0 Å². The molecule has 14 heavy (non-hydrogen) atoms. The van der Waals surface area contributed by atoms with Gasteiger partial charge in [0.1, 0.15) is 0 Å². The summed E-state index contributed by atoms with van der Waals surface area (Å²) in [5.41, 5.74) is 0. The van der Waals surface area contributed by atoms with Crippen LogP contribution in [0.15, 0.2) is 0 Å². The summed E-state index contributed by atoms with van der Waals surface area (Å²) < 4.78 is 0. The molecular weight excluding hydrogens is 176 g/mol. The molecule has 0 radical (unpaired) electrons. The highest BCUT2D eigenvalue weighted by atomic mass is 16.3. The van der Waals surface area contributed by atoms with Gasteiger partial charge in [-0.25, -0.2) is 0 Å². The molecule has 1 atom stereocenters. The van der Waals surface area contributed by atoms with E-state index in [0.29, 0.717) is 25.0 Å². The Bertz CT molecular complexity index is 84.8. The lowest BCUT2D eigenvalue weighted by atomic mass is 10.1. The van der Waals surface area contributed by atoms with E-state index in [1.54, 1.807) is 0 Å². The third-order valence-corrected chi connectivity index (χ3v) is 2.73. The third kappa shape index (κ3) is 11.9. The standard InChI is InChI=1S/2C6H14O/c1-3-6(2)4-5-7;1-3-6(4-2)5-7/h2*6-7H,3-5H2,1-2H3. The molecule has 1 unspecified atom stereocenters. The first-order chi connectivity index (χ1) is 6.65. The molecule has 0 aliphatic heterocycles. The Morgan fingerprint density at radius 3 is 1.50 bits per heavy atom. The summed E-state index contributed by atoms with van der Waals surface area (Å²) in [4.78, 5) is 0. The molecule has 0 aromatic rings. The number of aliphatic hydroxyl groups excluding tert-OH is 2. The van der Waals surface area contributed by atoms with Gasteiger partial charge in [-0.1, -0.05) is 47.0 Å². The summed E-state index contributed by atoms with van der Waals surface area (Å²) >= 11 is 0. The lowest BCUT2D eigenvalue weighted by Gasteiger charge is -2.04. The lowest BCUT2D eigenvalue weighted by Crippen LogP contribution is -2.01. The Hall–Kier alpha value is -0.0800. The summed E-state index contributed by atoms with van der Waals surface area (Å²) in [6.45, 7) is 9.19. The van der Waals surface area contributed by atoms with E-state index < -0.39 is 0 Å². The van der Waals surface area contributed by atoms with Gasteiger partial charge in [-0.05, 0) is 18.3 Å². The first kappa shape index (κ1) is 16.4. The second-order valence-corrected chi connectivity index (χ2v) is 3.89. The van der Waals surface area contributed by atoms with Crippen molar-refractivity contribution in [3.05, 3.63) is 0 Å². The number of hydrogen-bond donors (Lipinski definition) is 2. The summed E-state index contributed by atoms with van der Waals surface area (Å²) in [6, 6.07) is 0. The minimum atomic E-state index is 0.342. The molecule has 2 heteroatoms. The number of rotatable bonds is 6. The zero-order chi connectivity index (χ0) is 11.4. The molecule has 0 rings (SSSR count). The zero-order valence-corrected chi connectivity index (χ0v) is 10.3. The van der Waals surface area contributed by atoms with E-state index in [9.17, 15) is 0 Å². The highest BCUT2D eigenvalue weighted by Gasteiger charge is 1.97. The second kappa shape index (κ2) is 12.9. The molecule has 0 saturated heterocycles. The van der Waals surface area contributed by atoms with E-state index in [1.807, 2.05) is 0 Å². The molecule has 0 heterocycles. The van der Waals surface area contributed by atoms with Crippen LogP contribution in [0.3, 0.4) is 0 Å². The van der Waals surface area contributed by atoms with Crippen LogP contribution in [0.2, 0.25) is 0 Å². The molecule has 88 valence electrons. The average molecular weight is 204 g/mol. The fraction of sp³-hybridized carbons (Fsp3) is 1.00. The monoisotopic (exact) mass is 204 g/mol. The summed E-state index contributed by atoms with van der Waals surface area (Å²) in [6.07, 6.45) is 4.34. The van der Waals surface area contributed by atoms with Crippen molar-refractivity contribution >= 4 is 0 Å². The molecule has 2 N–H and O–H groups in total. The van der Waals surface area contributed by atoms with Crippen LogP contribution >= 0.6 is 0 Å². The molecule has 0 bridgehead atoms. The van der Waals surface area contributed by atoms with Crippen molar-refractivity contribution in [2.45, 2.75) is 53.4 Å². The smallest absolute Gasteiger partial charge is 0.0459 e. The van der Waals surface area contributed by atoms with Gasteiger partial charge in [-0.2, -0.15) is 0 Å². The minimum Gasteiger partial charge on any atom is -0.396 e. The van der Waals surface area contributed by atoms with Gasteiger partial charge in [0, 0.05) is 13.2 Å². The van der Waals surface area contributed by atoms with Crippen LogP contribution in [0.5, 0.6) is 0 Å². The van der Waals surface area contributed by atoms with Crippen LogP contribution in [0.4, 0.5) is 0 Å². The van der Waals surface area contributed by atoms with Crippen molar-refractivity contribution in [2.24, 2.45) is 11.8 Å². The molecule has 0 aromatic heterocycles. The molecule has 2 nitrogen and oxygen atoms in total. The Morgan fingerprint density at radius 1 is 0.929 bits per heavy atom. The van der Waals surface area contributed by atoms with E-state index in [-0.39, 0.29) is 0 Å². The Kier molecular flexibility index (Phi) is 15.1. The maximum Gasteiger partial charge on any atom is 0.0459 e. The van der Waals surface area contributed by atoms with Crippen LogP contribution in [0.1, 0.15) is 53.4 Å². The van der Waals surface area contributed by atoms with Crippen LogP contribution in [0.25, 0.3) is 0 Å². The van der Waals surface area contributed by atoms with E-state index >= 15 is 0 Å². The fourth-order valence-electron chi connectivity index (χ4n) is 0.971. The number of aliphatic hydroxyl groups is 2. The minimum absolute atomic E-state index is 0.342. The predicted octanol–water partition coefficient (Wildman–Crippen LogP) is 2.83. The fourth-order valence-corrected chi connectivity index (χ4v) is 0.971. The Balaban J connectivity index is 0. The molecule has 0 aromatic carbocycles. The molecule has 0 amide bonds. The van der Waals surface area contributed by atoms with Crippen molar-refractivity contribution in [2.75, 3.05) is 13.2 Å². The van der Waals surface area contributed by atoms with E-state index in [2.05, 4.69) is 27.7 Å². The molecule has 0 spiro atoms. The quantitative estimate of drug-likeness (QED) is 0.698. The molecule has 0 aliphatic rings. The van der Waals surface area contributed by atoms with Gasteiger partial charge >= 0.3 is 0 Å². The first-order valence-corrected chi connectivity index (χ1v) is 5.87. The van der Waals surface area contributed by atoms with Crippen molar-refractivity contribution < 1.29 is 10.2 Å². The summed E-state index contributed by atoms with van der Waals surface area (Å²) in [5, 5.41) is 16.9. The number of hydrogen-bond acceptors (Lipinski definition) is 2. The van der Waals surface area contributed by atoms with Crippen LogP contribution in [0, 0.1) is 11.8 Å². The van der Waals surface area contributed by atoms with Crippen molar-refractivity contribution in [1.82, 2.24) is 0 Å². The molecule has 0 aliphatic carbocycles. The predicted molar refractivity (Wildman–Crippen MR) is 62.3 cm³/mol. The Morgan fingerprint density at radius 2 is 1.43 bits per heavy atom. The first-order valence-electron chi connectivity index (χ1n) is 5.87. The van der Waals surface area contributed by atoms with Crippen LogP contribution < -0.4 is 0 Å². The third-order valence-electron chi connectivity index (χ3n) is 2.73. The summed E-state index contributed by atoms with van der Waals surface area (Å²) in [5.74, 6) is 1.24. The second-order valence-electron chi connectivity index (χ2n) is 3.89. The molecule has 0 saturated carbocycles. The van der Waals surface area contributed by atoms with E-state index in [4.69, 9.17) is 10.2 Å². The Labute approximate surface area is 89.3 Å². The maximum atomic E-state index is 8.53. The van der Waals surface area contributed by atoms with Gasteiger partial charge in [-0.15, -0.1) is 0 Å². The van der Waals surface area contributed by atoms with Crippen LogP contribution in [-0.2, 0) is 0 Å². The maximum absolute atomic E-state index is 8.53. The SMILES string of the molecule is CCC(C)CCO.CCC(CC)CO. The highest BCUT2D eigenvalue weighted by molar-refractivity contribution is 4.48. The van der Waals surface area contributed by atoms with Gasteiger partial charge in [0.05, 0.1) is 0 Å².